The van der Waals surface area contributed by atoms with Gasteiger partial charge < -0.3 is 4.90 Å². The third-order valence-electron chi connectivity index (χ3n) is 4.17. The van der Waals surface area contributed by atoms with Gasteiger partial charge in [0.05, 0.1) is 10.6 Å². The molecule has 3 aromatic rings. The summed E-state index contributed by atoms with van der Waals surface area (Å²) < 4.78 is 12.9. The number of rotatable bonds is 6. The molecule has 0 unspecified atom stereocenters. The van der Waals surface area contributed by atoms with Crippen molar-refractivity contribution < 1.29 is 9.00 Å². The van der Waals surface area contributed by atoms with E-state index >= 15 is 0 Å². The Morgan fingerprint density at radius 2 is 1.96 bits per heavy atom. The van der Waals surface area contributed by atoms with Crippen molar-refractivity contribution in [3.63, 3.8) is 0 Å². The number of benzene rings is 2. The molecule has 0 radical (unpaired) electrons. The van der Waals surface area contributed by atoms with Crippen molar-refractivity contribution in [3.05, 3.63) is 69.6 Å². The molecule has 0 N–H and O–H groups in total. The Labute approximate surface area is 165 Å². The number of hydrogen-bond donors (Lipinski definition) is 0. The summed E-state index contributed by atoms with van der Waals surface area (Å²) in [6.07, 6.45) is 1.67. The van der Waals surface area contributed by atoms with Crippen molar-refractivity contribution in [1.29, 1.82) is 0 Å². The zero-order valence-corrected chi connectivity index (χ0v) is 17.1. The van der Waals surface area contributed by atoms with E-state index in [-0.39, 0.29) is 5.91 Å². The molecule has 0 bridgehead atoms. The highest BCUT2D eigenvalue weighted by molar-refractivity contribution is 7.83. The lowest BCUT2D eigenvalue weighted by molar-refractivity contribution is 0.0757. The molecular formula is C20H20ClNO2S2. The first-order valence-electron chi connectivity index (χ1n) is 8.33. The summed E-state index contributed by atoms with van der Waals surface area (Å²) in [5.41, 5.74) is 1.88. The van der Waals surface area contributed by atoms with Crippen molar-refractivity contribution in [2.75, 3.05) is 12.8 Å². The number of carbonyl (C=O) groups excluding carboxylic acids is 1. The molecule has 0 aliphatic heterocycles. The predicted octanol–water partition coefficient (Wildman–Crippen LogP) is 5.10. The molecule has 3 rings (SSSR count). The van der Waals surface area contributed by atoms with Gasteiger partial charge in [-0.05, 0) is 41.6 Å². The van der Waals surface area contributed by atoms with Crippen molar-refractivity contribution in [2.45, 2.75) is 19.2 Å². The molecule has 2 aromatic carbocycles. The molecule has 0 fully saturated rings. The molecule has 0 saturated carbocycles. The van der Waals surface area contributed by atoms with Gasteiger partial charge in [0.2, 0.25) is 0 Å². The van der Waals surface area contributed by atoms with E-state index in [4.69, 9.17) is 11.6 Å². The molecular weight excluding hydrogens is 386 g/mol. The van der Waals surface area contributed by atoms with Crippen molar-refractivity contribution in [3.8, 4) is 0 Å². The van der Waals surface area contributed by atoms with Crippen LogP contribution in [0.4, 0.5) is 0 Å². The number of amides is 1. The van der Waals surface area contributed by atoms with Gasteiger partial charge in [0.25, 0.3) is 5.91 Å². The van der Waals surface area contributed by atoms with E-state index in [0.29, 0.717) is 28.7 Å². The zero-order chi connectivity index (χ0) is 18.7. The summed E-state index contributed by atoms with van der Waals surface area (Å²) >= 11 is 7.55. The summed E-state index contributed by atoms with van der Waals surface area (Å²) in [6.45, 7) is 3.06. The van der Waals surface area contributed by atoms with Crippen LogP contribution < -0.4 is 0 Å². The van der Waals surface area contributed by atoms with E-state index in [2.05, 4.69) is 0 Å². The van der Waals surface area contributed by atoms with Gasteiger partial charge in [0.1, 0.15) is 0 Å². The van der Waals surface area contributed by atoms with Crippen LogP contribution in [0.25, 0.3) is 10.1 Å². The summed E-state index contributed by atoms with van der Waals surface area (Å²) in [6, 6.07) is 15.5. The Balaban J connectivity index is 1.98. The fourth-order valence-electron chi connectivity index (χ4n) is 2.94. The van der Waals surface area contributed by atoms with E-state index in [1.165, 1.54) is 11.3 Å². The first-order chi connectivity index (χ1) is 12.5. The Morgan fingerprint density at radius 3 is 2.65 bits per heavy atom. The highest BCUT2D eigenvalue weighted by Gasteiger charge is 2.23. The van der Waals surface area contributed by atoms with Crippen LogP contribution in [0.2, 0.25) is 5.02 Å². The molecule has 1 amide bonds. The molecule has 0 aliphatic carbocycles. The molecule has 3 nitrogen and oxygen atoms in total. The highest BCUT2D eigenvalue weighted by Crippen LogP contribution is 2.33. The molecule has 26 heavy (non-hydrogen) atoms. The molecule has 1 heterocycles. The van der Waals surface area contributed by atoms with Crippen LogP contribution in [0.1, 0.15) is 27.7 Å². The summed E-state index contributed by atoms with van der Waals surface area (Å²) in [5.74, 6) is 0.369. The maximum Gasteiger partial charge on any atom is 0.264 e. The minimum absolute atomic E-state index is 0.0193. The van der Waals surface area contributed by atoms with Crippen LogP contribution >= 0.6 is 22.9 Å². The molecule has 0 saturated heterocycles. The van der Waals surface area contributed by atoms with Crippen LogP contribution in [-0.2, 0) is 23.1 Å². The van der Waals surface area contributed by atoms with Crippen LogP contribution in [0.5, 0.6) is 0 Å². The second-order valence-corrected chi connectivity index (χ2v) is 9.00. The van der Waals surface area contributed by atoms with Crippen LogP contribution in [-0.4, -0.2) is 27.8 Å². The molecule has 1 atom stereocenters. The van der Waals surface area contributed by atoms with Crippen LogP contribution in [0.15, 0.2) is 48.5 Å². The lowest BCUT2D eigenvalue weighted by Gasteiger charge is -2.21. The smallest absolute Gasteiger partial charge is 0.264 e. The zero-order valence-electron chi connectivity index (χ0n) is 14.7. The molecule has 6 heteroatoms. The number of thiophene rings is 1. The normalized spacial score (nSPS) is 12.3. The fourth-order valence-corrected chi connectivity index (χ4v) is 5.14. The molecule has 0 aliphatic rings. The Hall–Kier alpha value is -1.69. The lowest BCUT2D eigenvalue weighted by atomic mass is 10.1. The van der Waals surface area contributed by atoms with Crippen LogP contribution in [0, 0.1) is 0 Å². The van der Waals surface area contributed by atoms with Crippen molar-refractivity contribution in [1.82, 2.24) is 4.90 Å². The first-order valence-corrected chi connectivity index (χ1v) is 11.3. The van der Waals surface area contributed by atoms with Gasteiger partial charge in [0, 0.05) is 39.9 Å². The second-order valence-electron chi connectivity index (χ2n) is 6.07. The average molecular weight is 406 g/mol. The van der Waals surface area contributed by atoms with Crippen molar-refractivity contribution in [2.24, 2.45) is 0 Å². The van der Waals surface area contributed by atoms with Gasteiger partial charge in [-0.1, -0.05) is 41.9 Å². The maximum atomic E-state index is 13.2. The third-order valence-corrected chi connectivity index (χ3v) is 6.30. The highest BCUT2D eigenvalue weighted by atomic mass is 35.5. The quantitative estimate of drug-likeness (QED) is 0.572. The Bertz CT molecular complexity index is 967. The Kier molecular flexibility index (Phi) is 6.12. The number of nitrogens with zero attached hydrogens (tertiary/aromatic N) is 1. The largest absolute Gasteiger partial charge is 0.334 e. The standard InChI is InChI=1S/C20H20ClNO2S2/c1-3-22(12-14-7-6-8-15(21)11-14)20(23)19-17(13-26(2)24)16-9-4-5-10-18(16)25-19/h4-11H,3,12-13H2,1-2H3/t26-/m1/s1. The lowest BCUT2D eigenvalue weighted by Crippen LogP contribution is -2.30. The molecule has 136 valence electrons. The minimum atomic E-state index is -1.02. The van der Waals surface area contributed by atoms with E-state index in [1.807, 2.05) is 55.5 Å². The number of carbonyl (C=O) groups is 1. The van der Waals surface area contributed by atoms with Crippen molar-refractivity contribution >= 4 is 49.7 Å². The van der Waals surface area contributed by atoms with Gasteiger partial charge in [-0.25, -0.2) is 0 Å². The SMILES string of the molecule is CCN(Cc1cccc(Cl)c1)C(=O)c1sc2ccccc2c1C[S@@](C)=O. The monoisotopic (exact) mass is 405 g/mol. The topological polar surface area (TPSA) is 37.4 Å². The number of hydrogen-bond acceptors (Lipinski definition) is 3. The second kappa shape index (κ2) is 8.33. The van der Waals surface area contributed by atoms with Gasteiger partial charge in [-0.2, -0.15) is 0 Å². The predicted molar refractivity (Wildman–Crippen MR) is 111 cm³/mol. The fraction of sp³-hybridized carbons (Fsp3) is 0.250. The van der Waals surface area contributed by atoms with E-state index < -0.39 is 10.8 Å². The van der Waals surface area contributed by atoms with Gasteiger partial charge in [-0.3, -0.25) is 9.00 Å². The number of fused-ring (bicyclic) bond motifs is 1. The van der Waals surface area contributed by atoms with E-state index in [1.54, 1.807) is 11.2 Å². The van der Waals surface area contributed by atoms with Gasteiger partial charge >= 0.3 is 0 Å². The third kappa shape index (κ3) is 4.17. The van der Waals surface area contributed by atoms with E-state index in [9.17, 15) is 9.00 Å². The maximum absolute atomic E-state index is 13.2. The summed E-state index contributed by atoms with van der Waals surface area (Å²) in [5, 5.41) is 1.68. The summed E-state index contributed by atoms with van der Waals surface area (Å²) in [4.78, 5) is 15.7. The summed E-state index contributed by atoms with van der Waals surface area (Å²) in [7, 11) is -1.02. The first kappa shape index (κ1) is 19.1. The molecule has 1 aromatic heterocycles. The minimum Gasteiger partial charge on any atom is -0.334 e. The van der Waals surface area contributed by atoms with Gasteiger partial charge in [0.15, 0.2) is 0 Å². The molecule has 0 spiro atoms. The Morgan fingerprint density at radius 1 is 1.19 bits per heavy atom. The van der Waals surface area contributed by atoms with Gasteiger partial charge in [-0.15, -0.1) is 11.3 Å². The van der Waals surface area contributed by atoms with E-state index in [0.717, 1.165) is 21.2 Å². The van der Waals surface area contributed by atoms with Crippen LogP contribution in [0.3, 0.4) is 0 Å². The number of halogens is 1. The average Bonchev–Trinajstić information content (AvgIpc) is 2.97.